The van der Waals surface area contributed by atoms with E-state index in [4.69, 9.17) is 9.84 Å². The van der Waals surface area contributed by atoms with Crippen LogP contribution in [0.15, 0.2) is 0 Å². The third-order valence-electron chi connectivity index (χ3n) is 2.03. The van der Waals surface area contributed by atoms with Crippen molar-refractivity contribution >= 4 is 11.9 Å². The van der Waals surface area contributed by atoms with Crippen LogP contribution < -0.4 is 0 Å². The van der Waals surface area contributed by atoms with Crippen molar-refractivity contribution in [2.75, 3.05) is 26.8 Å². The molecular formula is C8H13NO4. The van der Waals surface area contributed by atoms with Crippen LogP contribution in [0.3, 0.4) is 0 Å². The molecule has 1 unspecified atom stereocenters. The van der Waals surface area contributed by atoms with Crippen LogP contribution in [0.4, 0.5) is 0 Å². The Balaban J connectivity index is 2.41. The van der Waals surface area contributed by atoms with Gasteiger partial charge in [0.2, 0.25) is 5.91 Å². The Labute approximate surface area is 76.3 Å². The number of carbonyl (C=O) groups is 2. The van der Waals surface area contributed by atoms with Crippen molar-refractivity contribution in [3.8, 4) is 0 Å². The zero-order chi connectivity index (χ0) is 9.84. The monoisotopic (exact) mass is 187 g/mol. The van der Waals surface area contributed by atoms with Gasteiger partial charge in [0.25, 0.3) is 0 Å². The minimum absolute atomic E-state index is 0.139. The number of ether oxygens (including phenoxy) is 1. The fourth-order valence-corrected chi connectivity index (χ4v) is 1.32. The summed E-state index contributed by atoms with van der Waals surface area (Å²) in [5.74, 6) is -1.28. The average Bonchev–Trinajstić information content (AvgIpc) is 2.53. The maximum Gasteiger partial charge on any atom is 0.323 e. The van der Waals surface area contributed by atoms with Gasteiger partial charge in [-0.05, 0) is 6.42 Å². The van der Waals surface area contributed by atoms with Crippen LogP contribution in [-0.4, -0.2) is 48.7 Å². The average molecular weight is 187 g/mol. The molecule has 0 aliphatic carbocycles. The van der Waals surface area contributed by atoms with Crippen LogP contribution in [0.1, 0.15) is 6.42 Å². The maximum absolute atomic E-state index is 11.5. The van der Waals surface area contributed by atoms with Gasteiger partial charge in [-0.1, -0.05) is 0 Å². The molecule has 1 aliphatic rings. The maximum atomic E-state index is 11.5. The fourth-order valence-electron chi connectivity index (χ4n) is 1.32. The molecule has 0 bridgehead atoms. The van der Waals surface area contributed by atoms with E-state index in [1.807, 2.05) is 0 Å². The molecule has 13 heavy (non-hydrogen) atoms. The molecular weight excluding hydrogens is 174 g/mol. The fraction of sp³-hybridized carbons (Fsp3) is 0.750. The molecule has 1 atom stereocenters. The standard InChI is InChI=1S/C8H13NO4/c1-9(4-7(10)11)8(12)6-2-3-13-5-6/h6H,2-5H2,1H3,(H,10,11). The van der Waals surface area contributed by atoms with E-state index in [9.17, 15) is 9.59 Å². The Bertz CT molecular complexity index is 210. The van der Waals surface area contributed by atoms with Gasteiger partial charge in [-0.2, -0.15) is 0 Å². The highest BCUT2D eigenvalue weighted by Gasteiger charge is 2.26. The molecule has 1 rings (SSSR count). The van der Waals surface area contributed by atoms with Gasteiger partial charge in [-0.15, -0.1) is 0 Å². The van der Waals surface area contributed by atoms with Crippen LogP contribution in [0, 0.1) is 5.92 Å². The normalized spacial score (nSPS) is 21.5. The van der Waals surface area contributed by atoms with E-state index in [2.05, 4.69) is 0 Å². The molecule has 1 N–H and O–H groups in total. The molecule has 5 heteroatoms. The molecule has 74 valence electrons. The summed E-state index contributed by atoms with van der Waals surface area (Å²) in [6.07, 6.45) is 0.697. The van der Waals surface area contributed by atoms with Crippen molar-refractivity contribution in [3.05, 3.63) is 0 Å². The smallest absolute Gasteiger partial charge is 0.323 e. The van der Waals surface area contributed by atoms with Gasteiger partial charge < -0.3 is 14.7 Å². The molecule has 0 aromatic heterocycles. The van der Waals surface area contributed by atoms with Gasteiger partial charge in [0, 0.05) is 13.7 Å². The van der Waals surface area contributed by atoms with E-state index in [0.29, 0.717) is 19.6 Å². The van der Waals surface area contributed by atoms with Crippen LogP contribution in [0.25, 0.3) is 0 Å². The molecule has 0 aromatic carbocycles. The number of rotatable bonds is 3. The molecule has 0 aromatic rings. The topological polar surface area (TPSA) is 66.8 Å². The largest absolute Gasteiger partial charge is 0.480 e. The molecule has 1 heterocycles. The second-order valence-corrected chi connectivity index (χ2v) is 3.15. The molecule has 1 fully saturated rings. The lowest BCUT2D eigenvalue weighted by molar-refractivity contribution is -0.145. The van der Waals surface area contributed by atoms with E-state index in [1.165, 1.54) is 11.9 Å². The summed E-state index contributed by atoms with van der Waals surface area (Å²) in [6, 6.07) is 0. The summed E-state index contributed by atoms with van der Waals surface area (Å²) in [7, 11) is 1.49. The lowest BCUT2D eigenvalue weighted by Gasteiger charge is -2.17. The predicted molar refractivity (Wildman–Crippen MR) is 44.2 cm³/mol. The first-order valence-corrected chi connectivity index (χ1v) is 4.15. The highest BCUT2D eigenvalue weighted by molar-refractivity contribution is 5.83. The van der Waals surface area contributed by atoms with E-state index in [0.717, 1.165) is 0 Å². The molecule has 0 spiro atoms. The molecule has 1 aliphatic heterocycles. The SMILES string of the molecule is CN(CC(=O)O)C(=O)C1CCOC1. The van der Waals surface area contributed by atoms with Crippen molar-refractivity contribution in [3.63, 3.8) is 0 Å². The Hall–Kier alpha value is -1.10. The lowest BCUT2D eigenvalue weighted by atomic mass is 10.1. The van der Waals surface area contributed by atoms with E-state index in [-0.39, 0.29) is 18.4 Å². The zero-order valence-corrected chi connectivity index (χ0v) is 7.52. The van der Waals surface area contributed by atoms with Gasteiger partial charge in [0.05, 0.1) is 12.5 Å². The van der Waals surface area contributed by atoms with Gasteiger partial charge in [-0.25, -0.2) is 0 Å². The van der Waals surface area contributed by atoms with Gasteiger partial charge in [0.1, 0.15) is 6.54 Å². The highest BCUT2D eigenvalue weighted by Crippen LogP contribution is 2.14. The van der Waals surface area contributed by atoms with Gasteiger partial charge in [-0.3, -0.25) is 9.59 Å². The number of hydrogen-bond donors (Lipinski definition) is 1. The summed E-state index contributed by atoms with van der Waals surface area (Å²) < 4.78 is 5.04. The number of nitrogens with zero attached hydrogens (tertiary/aromatic N) is 1. The Morgan fingerprint density at radius 1 is 1.62 bits per heavy atom. The summed E-state index contributed by atoms with van der Waals surface area (Å²) in [6.45, 7) is 0.773. The quantitative estimate of drug-likeness (QED) is 0.650. The minimum atomic E-state index is -0.991. The predicted octanol–water partition coefficient (Wildman–Crippen LogP) is -0.434. The van der Waals surface area contributed by atoms with Crippen LogP contribution in [0.2, 0.25) is 0 Å². The Kier molecular flexibility index (Phi) is 3.25. The van der Waals surface area contributed by atoms with Crippen LogP contribution in [-0.2, 0) is 14.3 Å². The van der Waals surface area contributed by atoms with Crippen LogP contribution >= 0.6 is 0 Å². The minimum Gasteiger partial charge on any atom is -0.480 e. The number of aliphatic carboxylic acids is 1. The number of carbonyl (C=O) groups excluding carboxylic acids is 1. The third-order valence-corrected chi connectivity index (χ3v) is 2.03. The molecule has 0 radical (unpaired) electrons. The first kappa shape index (κ1) is 9.98. The Morgan fingerprint density at radius 2 is 2.31 bits per heavy atom. The highest BCUT2D eigenvalue weighted by atomic mass is 16.5. The molecule has 1 saturated heterocycles. The van der Waals surface area contributed by atoms with Gasteiger partial charge in [0.15, 0.2) is 0 Å². The molecule has 5 nitrogen and oxygen atoms in total. The first-order valence-electron chi connectivity index (χ1n) is 4.15. The second kappa shape index (κ2) is 4.23. The van der Waals surface area contributed by atoms with Crippen molar-refractivity contribution in [2.24, 2.45) is 5.92 Å². The van der Waals surface area contributed by atoms with Gasteiger partial charge >= 0.3 is 5.97 Å². The lowest BCUT2D eigenvalue weighted by Crippen LogP contribution is -2.36. The molecule has 1 amide bonds. The molecule has 0 saturated carbocycles. The second-order valence-electron chi connectivity index (χ2n) is 3.15. The van der Waals surface area contributed by atoms with Crippen molar-refractivity contribution in [1.29, 1.82) is 0 Å². The van der Waals surface area contributed by atoms with Crippen molar-refractivity contribution in [2.45, 2.75) is 6.42 Å². The summed E-state index contributed by atoms with van der Waals surface area (Å²) in [5.41, 5.74) is 0. The van der Waals surface area contributed by atoms with Crippen molar-refractivity contribution in [1.82, 2.24) is 4.90 Å². The summed E-state index contributed by atoms with van der Waals surface area (Å²) in [4.78, 5) is 23.0. The number of hydrogen-bond acceptors (Lipinski definition) is 3. The summed E-state index contributed by atoms with van der Waals surface area (Å²) >= 11 is 0. The summed E-state index contributed by atoms with van der Waals surface area (Å²) in [5, 5.41) is 8.45. The number of amides is 1. The van der Waals surface area contributed by atoms with E-state index >= 15 is 0 Å². The number of carboxylic acid groups (broad SMARTS) is 1. The Morgan fingerprint density at radius 3 is 2.77 bits per heavy atom. The third kappa shape index (κ3) is 2.69. The number of likely N-dealkylation sites (N-methyl/N-ethyl adjacent to an activating group) is 1. The first-order chi connectivity index (χ1) is 6.11. The van der Waals surface area contributed by atoms with Crippen molar-refractivity contribution < 1.29 is 19.4 Å². The number of carboxylic acids is 1. The zero-order valence-electron chi connectivity index (χ0n) is 7.52. The van der Waals surface area contributed by atoms with E-state index in [1.54, 1.807) is 0 Å². The van der Waals surface area contributed by atoms with Crippen LogP contribution in [0.5, 0.6) is 0 Å². The van der Waals surface area contributed by atoms with E-state index < -0.39 is 5.97 Å².